The number of aromatic nitrogens is 1. The highest BCUT2D eigenvalue weighted by molar-refractivity contribution is 6.33. The Hall–Kier alpha value is -1.54. The Morgan fingerprint density at radius 2 is 1.71 bits per heavy atom. The monoisotopic (exact) mass is 433 g/mol. The van der Waals surface area contributed by atoms with E-state index in [9.17, 15) is 13.2 Å². The highest BCUT2D eigenvalue weighted by atomic mass is 35.5. The Bertz CT molecular complexity index is 779. The molecule has 0 saturated carbocycles. The summed E-state index contributed by atoms with van der Waals surface area (Å²) in [4.78, 5) is 8.09. The molecule has 9 heteroatoms. The summed E-state index contributed by atoms with van der Waals surface area (Å²) < 4.78 is 43.9. The molecule has 0 aliphatic carbocycles. The summed E-state index contributed by atoms with van der Waals surface area (Å²) >= 11 is 11.9. The normalized spacial score (nSPS) is 15.8. The van der Waals surface area contributed by atoms with E-state index in [2.05, 4.69) is 9.88 Å². The molecule has 152 valence electrons. The van der Waals surface area contributed by atoms with Crippen LogP contribution >= 0.6 is 23.2 Å². The van der Waals surface area contributed by atoms with Crippen molar-refractivity contribution in [1.29, 1.82) is 0 Å². The van der Waals surface area contributed by atoms with Crippen LogP contribution in [0.25, 0.3) is 0 Å². The number of nitrogens with zero attached hydrogens (tertiary/aromatic N) is 3. The van der Waals surface area contributed by atoms with Gasteiger partial charge in [0.1, 0.15) is 5.82 Å². The first-order valence-electron chi connectivity index (χ1n) is 8.85. The van der Waals surface area contributed by atoms with E-state index in [1.807, 2.05) is 29.2 Å². The summed E-state index contributed by atoms with van der Waals surface area (Å²) in [6.45, 7) is 4.75. The van der Waals surface area contributed by atoms with E-state index < -0.39 is 11.7 Å². The van der Waals surface area contributed by atoms with Crippen LogP contribution in [0.5, 0.6) is 0 Å². The first-order valence-corrected chi connectivity index (χ1v) is 9.61. The van der Waals surface area contributed by atoms with E-state index in [1.165, 1.54) is 0 Å². The lowest BCUT2D eigenvalue weighted by atomic mass is 10.2. The molecule has 0 N–H and O–H groups in total. The van der Waals surface area contributed by atoms with Gasteiger partial charge in [0, 0.05) is 43.9 Å². The molecule has 2 aromatic rings. The minimum absolute atomic E-state index is 0.0228. The van der Waals surface area contributed by atoms with Gasteiger partial charge >= 0.3 is 6.18 Å². The van der Waals surface area contributed by atoms with Crippen LogP contribution in [0.15, 0.2) is 36.5 Å². The van der Waals surface area contributed by atoms with E-state index in [-0.39, 0.29) is 5.02 Å². The van der Waals surface area contributed by atoms with Gasteiger partial charge in [-0.1, -0.05) is 35.3 Å². The first-order chi connectivity index (χ1) is 13.3. The van der Waals surface area contributed by atoms with Crippen molar-refractivity contribution in [1.82, 2.24) is 9.88 Å². The molecule has 0 amide bonds. The maximum atomic E-state index is 12.7. The molecule has 1 aliphatic rings. The molecule has 1 aliphatic heterocycles. The fourth-order valence-corrected chi connectivity index (χ4v) is 3.38. The molecule has 3 rings (SSSR count). The summed E-state index contributed by atoms with van der Waals surface area (Å²) in [5, 5.41) is 0.721. The zero-order valence-corrected chi connectivity index (χ0v) is 16.6. The number of alkyl halides is 3. The molecule has 1 aromatic heterocycles. The highest BCUT2D eigenvalue weighted by Crippen LogP contribution is 2.33. The minimum atomic E-state index is -4.44. The fourth-order valence-electron chi connectivity index (χ4n) is 2.97. The topological polar surface area (TPSA) is 28.6 Å². The molecular formula is C19H20Cl2F3N3O. The van der Waals surface area contributed by atoms with E-state index in [4.69, 9.17) is 27.9 Å². The summed E-state index contributed by atoms with van der Waals surface area (Å²) in [7, 11) is 0. The average Bonchev–Trinajstić information content (AvgIpc) is 2.66. The zero-order valence-electron chi connectivity index (χ0n) is 15.1. The maximum Gasteiger partial charge on any atom is 0.417 e. The van der Waals surface area contributed by atoms with Gasteiger partial charge in [-0.2, -0.15) is 13.2 Å². The van der Waals surface area contributed by atoms with Gasteiger partial charge in [-0.15, -0.1) is 0 Å². The van der Waals surface area contributed by atoms with Crippen molar-refractivity contribution in [3.05, 3.63) is 57.7 Å². The number of piperazine rings is 1. The lowest BCUT2D eigenvalue weighted by Gasteiger charge is -2.35. The summed E-state index contributed by atoms with van der Waals surface area (Å²) in [6, 6.07) is 8.46. The van der Waals surface area contributed by atoms with Crippen molar-refractivity contribution in [3.63, 3.8) is 0 Å². The summed E-state index contributed by atoms with van der Waals surface area (Å²) in [6.07, 6.45) is -3.61. The number of anilines is 1. The zero-order chi connectivity index (χ0) is 20.1. The van der Waals surface area contributed by atoms with Crippen LogP contribution in [0, 0.1) is 0 Å². The summed E-state index contributed by atoms with van der Waals surface area (Å²) in [5.74, 6) is 0.397. The van der Waals surface area contributed by atoms with E-state index in [0.717, 1.165) is 37.5 Å². The number of halogens is 5. The third-order valence-corrected chi connectivity index (χ3v) is 5.08. The van der Waals surface area contributed by atoms with E-state index >= 15 is 0 Å². The number of pyridine rings is 1. The minimum Gasteiger partial charge on any atom is -0.375 e. The van der Waals surface area contributed by atoms with Crippen molar-refractivity contribution >= 4 is 29.0 Å². The summed E-state index contributed by atoms with van der Waals surface area (Å²) in [5.41, 5.74) is 0.231. The molecule has 4 nitrogen and oxygen atoms in total. The number of ether oxygens (including phenoxy) is 1. The Kier molecular flexibility index (Phi) is 7.04. The third kappa shape index (κ3) is 5.73. The first kappa shape index (κ1) is 21.2. The molecule has 1 aromatic carbocycles. The van der Waals surface area contributed by atoms with Crippen molar-refractivity contribution in [3.8, 4) is 0 Å². The van der Waals surface area contributed by atoms with Gasteiger partial charge in [-0.3, -0.25) is 4.90 Å². The lowest BCUT2D eigenvalue weighted by Crippen LogP contribution is -2.47. The molecule has 0 radical (unpaired) electrons. The second kappa shape index (κ2) is 9.31. The number of hydrogen-bond acceptors (Lipinski definition) is 4. The Balaban J connectivity index is 1.42. The van der Waals surface area contributed by atoms with Crippen LogP contribution in [0.2, 0.25) is 10.0 Å². The van der Waals surface area contributed by atoms with Crippen molar-refractivity contribution in [2.24, 2.45) is 0 Å². The van der Waals surface area contributed by atoms with E-state index in [1.54, 1.807) is 0 Å². The van der Waals surface area contributed by atoms with Gasteiger partial charge in [-0.25, -0.2) is 4.98 Å². The molecular weight excluding hydrogens is 414 g/mol. The lowest BCUT2D eigenvalue weighted by molar-refractivity contribution is -0.137. The van der Waals surface area contributed by atoms with Crippen molar-refractivity contribution in [2.75, 3.05) is 44.2 Å². The smallest absolute Gasteiger partial charge is 0.375 e. The van der Waals surface area contributed by atoms with Gasteiger partial charge in [0.05, 0.1) is 23.8 Å². The second-order valence-electron chi connectivity index (χ2n) is 6.53. The molecule has 1 saturated heterocycles. The van der Waals surface area contributed by atoms with Crippen molar-refractivity contribution < 1.29 is 17.9 Å². The molecule has 0 atom stereocenters. The SMILES string of the molecule is FC(F)(F)c1cnc(N2CCN(CCOCc3ccc(Cl)cc3)CC2)c(Cl)c1. The van der Waals surface area contributed by atoms with Crippen LogP contribution in [0.4, 0.5) is 19.0 Å². The third-order valence-electron chi connectivity index (χ3n) is 4.55. The predicted molar refractivity (Wildman–Crippen MR) is 104 cm³/mol. The number of rotatable bonds is 6. The van der Waals surface area contributed by atoms with Gasteiger partial charge in [0.25, 0.3) is 0 Å². The molecule has 1 fully saturated rings. The largest absolute Gasteiger partial charge is 0.417 e. The van der Waals surface area contributed by atoms with E-state index in [0.29, 0.717) is 37.1 Å². The highest BCUT2D eigenvalue weighted by Gasteiger charge is 2.32. The predicted octanol–water partition coefficient (Wildman–Crippen LogP) is 4.75. The van der Waals surface area contributed by atoms with Crippen LogP contribution in [-0.4, -0.2) is 49.2 Å². The molecule has 0 spiro atoms. The second-order valence-corrected chi connectivity index (χ2v) is 7.38. The molecule has 2 heterocycles. The average molecular weight is 434 g/mol. The molecule has 0 bridgehead atoms. The quantitative estimate of drug-likeness (QED) is 0.614. The standard InChI is InChI=1S/C19H20Cl2F3N3O/c20-16-3-1-14(2-4-16)13-28-10-9-26-5-7-27(8-6-26)18-17(21)11-15(12-25-18)19(22,23)24/h1-4,11-12H,5-10,13H2. The van der Waals surface area contributed by atoms with Gasteiger partial charge in [0.15, 0.2) is 0 Å². The van der Waals surface area contributed by atoms with Crippen LogP contribution < -0.4 is 4.90 Å². The number of benzene rings is 1. The Morgan fingerprint density at radius 3 is 2.32 bits per heavy atom. The Morgan fingerprint density at radius 1 is 1.04 bits per heavy atom. The van der Waals surface area contributed by atoms with Crippen LogP contribution in [-0.2, 0) is 17.5 Å². The fraction of sp³-hybridized carbons (Fsp3) is 0.421. The van der Waals surface area contributed by atoms with Gasteiger partial charge in [-0.05, 0) is 23.8 Å². The van der Waals surface area contributed by atoms with Crippen molar-refractivity contribution in [2.45, 2.75) is 12.8 Å². The van der Waals surface area contributed by atoms with Crippen LogP contribution in [0.3, 0.4) is 0 Å². The van der Waals surface area contributed by atoms with Gasteiger partial charge in [0.2, 0.25) is 0 Å². The number of hydrogen-bond donors (Lipinski definition) is 0. The Labute approximate surface area is 171 Å². The molecule has 0 unspecified atom stereocenters. The molecule has 28 heavy (non-hydrogen) atoms. The maximum absolute atomic E-state index is 12.7. The van der Waals surface area contributed by atoms with Crippen LogP contribution in [0.1, 0.15) is 11.1 Å². The van der Waals surface area contributed by atoms with Gasteiger partial charge < -0.3 is 9.64 Å².